The van der Waals surface area contributed by atoms with Gasteiger partial charge in [0.1, 0.15) is 11.5 Å². The van der Waals surface area contributed by atoms with E-state index >= 15 is 0 Å². The van der Waals surface area contributed by atoms with Gasteiger partial charge in [-0.15, -0.1) is 0 Å². The Hall–Kier alpha value is -3.23. The molecule has 0 fully saturated rings. The van der Waals surface area contributed by atoms with Crippen molar-refractivity contribution in [1.29, 1.82) is 0 Å². The molecule has 0 saturated heterocycles. The normalized spacial score (nSPS) is 11.0. The second-order valence-electron chi connectivity index (χ2n) is 4.79. The van der Waals surface area contributed by atoms with Crippen molar-refractivity contribution in [3.63, 3.8) is 0 Å². The lowest BCUT2D eigenvalue weighted by Gasteiger charge is -2.05. The Kier molecular flexibility index (Phi) is 3.98. The van der Waals surface area contributed by atoms with Crippen molar-refractivity contribution in [1.82, 2.24) is 14.8 Å². The van der Waals surface area contributed by atoms with Gasteiger partial charge in [-0.1, -0.05) is 0 Å². The standard InChI is InChI=1S/C15H9F3N4O2/c16-10-3-1-9(2-4-10)11-5-6-13(22(23)24)14(19-11)12-7-8-21(20-12)15(17)18/h1-8,15H. The first-order chi connectivity index (χ1) is 11.5. The molecule has 122 valence electrons. The molecular weight excluding hydrogens is 325 g/mol. The number of halogens is 3. The third kappa shape index (κ3) is 2.96. The van der Waals surface area contributed by atoms with E-state index in [4.69, 9.17) is 0 Å². The number of alkyl halides is 2. The van der Waals surface area contributed by atoms with Crippen molar-refractivity contribution in [2.75, 3.05) is 0 Å². The Bertz CT molecular complexity index is 894. The van der Waals surface area contributed by atoms with Gasteiger partial charge in [0.05, 0.1) is 10.6 Å². The number of nitrogens with zero attached hydrogens (tertiary/aromatic N) is 4. The van der Waals surface area contributed by atoms with E-state index in [0.717, 1.165) is 6.20 Å². The molecule has 0 aliphatic rings. The van der Waals surface area contributed by atoms with Crippen molar-refractivity contribution < 1.29 is 18.1 Å². The largest absolute Gasteiger partial charge is 0.333 e. The molecule has 2 heterocycles. The van der Waals surface area contributed by atoms with Crippen molar-refractivity contribution in [2.45, 2.75) is 6.55 Å². The molecule has 0 bridgehead atoms. The number of rotatable bonds is 4. The molecule has 24 heavy (non-hydrogen) atoms. The number of pyridine rings is 1. The predicted octanol–water partition coefficient (Wildman–Crippen LogP) is 4.05. The zero-order valence-electron chi connectivity index (χ0n) is 11.9. The Balaban J connectivity index is 2.12. The van der Waals surface area contributed by atoms with Gasteiger partial charge in [0.15, 0.2) is 5.69 Å². The van der Waals surface area contributed by atoms with Crippen LogP contribution in [0.2, 0.25) is 0 Å². The molecule has 9 heteroatoms. The molecule has 3 aromatic rings. The molecule has 0 radical (unpaired) electrons. The zero-order valence-corrected chi connectivity index (χ0v) is 11.9. The number of aromatic nitrogens is 3. The first-order valence-electron chi connectivity index (χ1n) is 6.71. The molecule has 1 aromatic carbocycles. The number of hydrogen-bond acceptors (Lipinski definition) is 4. The van der Waals surface area contributed by atoms with E-state index in [2.05, 4.69) is 10.1 Å². The summed E-state index contributed by atoms with van der Waals surface area (Å²) in [5.74, 6) is -0.434. The number of hydrogen-bond donors (Lipinski definition) is 0. The summed E-state index contributed by atoms with van der Waals surface area (Å²) in [5.41, 5.74) is 0.315. The average Bonchev–Trinajstić information content (AvgIpc) is 3.05. The van der Waals surface area contributed by atoms with E-state index in [0.29, 0.717) is 15.9 Å². The van der Waals surface area contributed by atoms with Crippen LogP contribution in [0.5, 0.6) is 0 Å². The summed E-state index contributed by atoms with van der Waals surface area (Å²) in [5, 5.41) is 14.8. The summed E-state index contributed by atoms with van der Waals surface area (Å²) in [6.45, 7) is -2.86. The van der Waals surface area contributed by atoms with Gasteiger partial charge in [-0.2, -0.15) is 13.9 Å². The lowest BCUT2D eigenvalue weighted by atomic mass is 10.1. The minimum atomic E-state index is -2.86. The molecule has 0 amide bonds. The maximum Gasteiger partial charge on any atom is 0.333 e. The Labute approximate surface area is 133 Å². The highest BCUT2D eigenvalue weighted by Crippen LogP contribution is 2.30. The number of benzene rings is 1. The molecule has 0 spiro atoms. The quantitative estimate of drug-likeness (QED) is 0.533. The highest BCUT2D eigenvalue weighted by molar-refractivity contribution is 5.71. The molecule has 0 atom stereocenters. The Morgan fingerprint density at radius 2 is 1.75 bits per heavy atom. The van der Waals surface area contributed by atoms with Gasteiger partial charge in [-0.25, -0.2) is 14.1 Å². The number of nitro groups is 1. The second-order valence-corrected chi connectivity index (χ2v) is 4.79. The summed E-state index contributed by atoms with van der Waals surface area (Å²) in [6.07, 6.45) is 1.01. The highest BCUT2D eigenvalue weighted by Gasteiger charge is 2.21. The van der Waals surface area contributed by atoms with Crippen LogP contribution in [0.4, 0.5) is 18.9 Å². The van der Waals surface area contributed by atoms with Gasteiger partial charge >= 0.3 is 6.55 Å². The van der Waals surface area contributed by atoms with E-state index < -0.39 is 17.3 Å². The minimum absolute atomic E-state index is 0.0500. The zero-order chi connectivity index (χ0) is 17.3. The molecule has 6 nitrogen and oxygen atoms in total. The van der Waals surface area contributed by atoms with Gasteiger partial charge in [-0.3, -0.25) is 10.1 Å². The molecule has 0 unspecified atom stereocenters. The fraction of sp³-hybridized carbons (Fsp3) is 0.0667. The summed E-state index contributed by atoms with van der Waals surface area (Å²) in [4.78, 5) is 14.6. The van der Waals surface area contributed by atoms with Crippen LogP contribution in [0, 0.1) is 15.9 Å². The molecule has 3 rings (SSSR count). The predicted molar refractivity (Wildman–Crippen MR) is 78.8 cm³/mol. The van der Waals surface area contributed by atoms with Gasteiger partial charge in [0, 0.05) is 17.8 Å². The fourth-order valence-electron chi connectivity index (χ4n) is 2.14. The van der Waals surface area contributed by atoms with Crippen molar-refractivity contribution in [3.05, 3.63) is 64.6 Å². The van der Waals surface area contributed by atoms with Crippen molar-refractivity contribution in [3.8, 4) is 22.6 Å². The third-order valence-electron chi connectivity index (χ3n) is 3.26. The molecule has 0 N–H and O–H groups in total. The smallest absolute Gasteiger partial charge is 0.258 e. The van der Waals surface area contributed by atoms with E-state index in [9.17, 15) is 23.3 Å². The molecule has 0 aliphatic heterocycles. The van der Waals surface area contributed by atoms with Gasteiger partial charge < -0.3 is 0 Å². The molecular formula is C15H9F3N4O2. The summed E-state index contributed by atoms with van der Waals surface area (Å²) in [7, 11) is 0. The summed E-state index contributed by atoms with van der Waals surface area (Å²) in [6, 6.07) is 9.21. The van der Waals surface area contributed by atoms with Crippen LogP contribution in [-0.2, 0) is 0 Å². The van der Waals surface area contributed by atoms with E-state index in [1.54, 1.807) is 0 Å². The van der Waals surface area contributed by atoms with Crippen LogP contribution in [0.1, 0.15) is 6.55 Å². The van der Waals surface area contributed by atoms with E-state index in [1.165, 1.54) is 42.5 Å². The minimum Gasteiger partial charge on any atom is -0.258 e. The lowest BCUT2D eigenvalue weighted by molar-refractivity contribution is -0.384. The molecule has 0 aliphatic carbocycles. The summed E-state index contributed by atoms with van der Waals surface area (Å²) < 4.78 is 38.7. The summed E-state index contributed by atoms with van der Waals surface area (Å²) >= 11 is 0. The van der Waals surface area contributed by atoms with Crippen molar-refractivity contribution >= 4 is 5.69 Å². The van der Waals surface area contributed by atoms with Crippen LogP contribution in [-0.4, -0.2) is 19.7 Å². The van der Waals surface area contributed by atoms with Gasteiger partial charge in [0.25, 0.3) is 5.69 Å². The van der Waals surface area contributed by atoms with Crippen LogP contribution < -0.4 is 0 Å². The fourth-order valence-corrected chi connectivity index (χ4v) is 2.14. The van der Waals surface area contributed by atoms with E-state index in [-0.39, 0.29) is 17.1 Å². The second kappa shape index (κ2) is 6.11. The van der Waals surface area contributed by atoms with E-state index in [1.807, 2.05) is 0 Å². The first kappa shape index (κ1) is 15.7. The van der Waals surface area contributed by atoms with Crippen LogP contribution in [0.3, 0.4) is 0 Å². The van der Waals surface area contributed by atoms with Gasteiger partial charge in [0.2, 0.25) is 0 Å². The van der Waals surface area contributed by atoms with Crippen molar-refractivity contribution in [2.24, 2.45) is 0 Å². The molecule has 0 saturated carbocycles. The average molecular weight is 334 g/mol. The Morgan fingerprint density at radius 3 is 2.33 bits per heavy atom. The maximum absolute atomic E-state index is 13.0. The first-order valence-corrected chi connectivity index (χ1v) is 6.71. The third-order valence-corrected chi connectivity index (χ3v) is 3.26. The SMILES string of the molecule is O=[N+]([O-])c1ccc(-c2ccc(F)cc2)nc1-c1ccn(C(F)F)n1. The topological polar surface area (TPSA) is 73.8 Å². The van der Waals surface area contributed by atoms with Crippen LogP contribution in [0.15, 0.2) is 48.7 Å². The lowest BCUT2D eigenvalue weighted by Crippen LogP contribution is -2.00. The van der Waals surface area contributed by atoms with Crippen LogP contribution in [0.25, 0.3) is 22.6 Å². The Morgan fingerprint density at radius 1 is 1.04 bits per heavy atom. The molecule has 2 aromatic heterocycles. The van der Waals surface area contributed by atoms with Gasteiger partial charge in [-0.05, 0) is 36.4 Å². The van der Waals surface area contributed by atoms with Crippen LogP contribution >= 0.6 is 0 Å². The monoisotopic (exact) mass is 334 g/mol. The maximum atomic E-state index is 13.0. The highest BCUT2D eigenvalue weighted by atomic mass is 19.3.